The lowest BCUT2D eigenvalue weighted by Crippen LogP contribution is -2.54. The van der Waals surface area contributed by atoms with E-state index < -0.39 is 10.0 Å². The molecule has 17 heavy (non-hydrogen) atoms. The Morgan fingerprint density at radius 1 is 1.18 bits per heavy atom. The Kier molecular flexibility index (Phi) is 5.41. The van der Waals surface area contributed by atoms with Crippen molar-refractivity contribution in [1.29, 1.82) is 0 Å². The monoisotopic (exact) mass is 262 g/mol. The summed E-state index contributed by atoms with van der Waals surface area (Å²) in [5, 5.41) is 0. The molecule has 1 fully saturated rings. The van der Waals surface area contributed by atoms with E-state index >= 15 is 0 Å². The molecule has 1 rings (SSSR count). The van der Waals surface area contributed by atoms with Gasteiger partial charge >= 0.3 is 0 Å². The second-order valence-corrected chi connectivity index (χ2v) is 7.25. The molecule has 0 unspecified atom stereocenters. The van der Waals surface area contributed by atoms with Crippen LogP contribution in [0.5, 0.6) is 0 Å². The highest BCUT2D eigenvalue weighted by molar-refractivity contribution is 7.89. The van der Waals surface area contributed by atoms with Crippen LogP contribution in [0.1, 0.15) is 45.4 Å². The number of likely N-dealkylation sites (N-methyl/N-ethyl adjacent to an activating group) is 1. The molecule has 0 amide bonds. The quantitative estimate of drug-likeness (QED) is 0.790. The van der Waals surface area contributed by atoms with Crippen molar-refractivity contribution in [2.45, 2.75) is 51.0 Å². The summed E-state index contributed by atoms with van der Waals surface area (Å²) in [4.78, 5) is 2.20. The van der Waals surface area contributed by atoms with Crippen LogP contribution < -0.4 is 4.72 Å². The normalized spacial score (nSPS) is 20.7. The van der Waals surface area contributed by atoms with Crippen LogP contribution in [0.2, 0.25) is 0 Å². The van der Waals surface area contributed by atoms with E-state index in [0.29, 0.717) is 13.0 Å². The molecule has 0 aliphatic heterocycles. The first-order chi connectivity index (χ1) is 7.92. The highest BCUT2D eigenvalue weighted by Gasteiger charge is 2.34. The van der Waals surface area contributed by atoms with Crippen molar-refractivity contribution >= 4 is 10.0 Å². The van der Waals surface area contributed by atoms with Gasteiger partial charge in [-0.05, 0) is 33.4 Å². The Hall–Kier alpha value is -0.130. The molecule has 1 aliphatic rings. The van der Waals surface area contributed by atoms with Crippen LogP contribution in [0.25, 0.3) is 0 Å². The van der Waals surface area contributed by atoms with E-state index in [-0.39, 0.29) is 11.3 Å². The molecule has 1 saturated carbocycles. The van der Waals surface area contributed by atoms with Crippen LogP contribution in [-0.4, -0.2) is 45.2 Å². The third kappa shape index (κ3) is 4.23. The molecule has 102 valence electrons. The fourth-order valence-electron chi connectivity index (χ4n) is 2.58. The largest absolute Gasteiger partial charge is 0.302 e. The second-order valence-electron chi connectivity index (χ2n) is 5.32. The van der Waals surface area contributed by atoms with Gasteiger partial charge in [-0.1, -0.05) is 26.2 Å². The van der Waals surface area contributed by atoms with Crippen LogP contribution in [0.15, 0.2) is 0 Å². The van der Waals surface area contributed by atoms with Gasteiger partial charge in [-0.3, -0.25) is 0 Å². The van der Waals surface area contributed by atoms with Gasteiger partial charge in [-0.2, -0.15) is 0 Å². The highest BCUT2D eigenvalue weighted by Crippen LogP contribution is 2.31. The minimum absolute atomic E-state index is 0.0268. The van der Waals surface area contributed by atoms with Gasteiger partial charge in [0.05, 0.1) is 5.75 Å². The molecule has 5 heteroatoms. The van der Waals surface area contributed by atoms with Crippen LogP contribution >= 0.6 is 0 Å². The predicted molar refractivity (Wildman–Crippen MR) is 71.6 cm³/mol. The average Bonchev–Trinajstić information content (AvgIpc) is 2.28. The first kappa shape index (κ1) is 14.9. The number of rotatable bonds is 6. The number of nitrogens with one attached hydrogen (secondary N) is 1. The lowest BCUT2D eigenvalue weighted by Gasteiger charge is -2.43. The van der Waals surface area contributed by atoms with Crippen molar-refractivity contribution in [2.24, 2.45) is 0 Å². The number of hydrogen-bond donors (Lipinski definition) is 1. The molecule has 0 aromatic heterocycles. The Morgan fingerprint density at radius 2 is 1.76 bits per heavy atom. The maximum Gasteiger partial charge on any atom is 0.211 e. The van der Waals surface area contributed by atoms with E-state index in [1.54, 1.807) is 0 Å². The molecular weight excluding hydrogens is 236 g/mol. The van der Waals surface area contributed by atoms with E-state index in [4.69, 9.17) is 0 Å². The van der Waals surface area contributed by atoms with Crippen molar-refractivity contribution in [3.63, 3.8) is 0 Å². The van der Waals surface area contributed by atoms with Crippen LogP contribution in [0.3, 0.4) is 0 Å². The van der Waals surface area contributed by atoms with Gasteiger partial charge in [0.25, 0.3) is 0 Å². The van der Waals surface area contributed by atoms with Gasteiger partial charge in [-0.25, -0.2) is 13.1 Å². The van der Waals surface area contributed by atoms with Crippen molar-refractivity contribution in [2.75, 3.05) is 26.4 Å². The molecule has 1 aliphatic carbocycles. The van der Waals surface area contributed by atoms with E-state index in [0.717, 1.165) is 12.8 Å². The molecule has 0 atom stereocenters. The van der Waals surface area contributed by atoms with Crippen LogP contribution in [0, 0.1) is 0 Å². The summed E-state index contributed by atoms with van der Waals surface area (Å²) in [5.41, 5.74) is 0.0268. The summed E-state index contributed by atoms with van der Waals surface area (Å²) >= 11 is 0. The summed E-state index contributed by atoms with van der Waals surface area (Å²) in [7, 11) is 1.03. The number of sulfonamides is 1. The third-order valence-electron chi connectivity index (χ3n) is 3.83. The molecule has 0 aromatic rings. The lowest BCUT2D eigenvalue weighted by molar-refractivity contribution is 0.105. The summed E-state index contributed by atoms with van der Waals surface area (Å²) in [6.45, 7) is 2.45. The summed E-state index contributed by atoms with van der Waals surface area (Å²) in [5.74, 6) is 0.233. The van der Waals surface area contributed by atoms with Gasteiger partial charge in [-0.15, -0.1) is 0 Å². The Bertz CT molecular complexity index is 319. The summed E-state index contributed by atoms with van der Waals surface area (Å²) in [6.07, 6.45) is 6.53. The predicted octanol–water partition coefficient (Wildman–Crippen LogP) is 1.58. The molecule has 0 bridgehead atoms. The topological polar surface area (TPSA) is 49.4 Å². The Morgan fingerprint density at radius 3 is 2.24 bits per heavy atom. The first-order valence-corrected chi connectivity index (χ1v) is 8.22. The molecule has 0 aromatic carbocycles. The molecular formula is C12H26N2O2S. The van der Waals surface area contributed by atoms with Crippen molar-refractivity contribution in [3.8, 4) is 0 Å². The highest BCUT2D eigenvalue weighted by atomic mass is 32.2. The summed E-state index contributed by atoms with van der Waals surface area (Å²) in [6, 6.07) is 0. The summed E-state index contributed by atoms with van der Waals surface area (Å²) < 4.78 is 26.2. The minimum atomic E-state index is -3.08. The maximum absolute atomic E-state index is 11.7. The van der Waals surface area contributed by atoms with Crippen LogP contribution in [0.4, 0.5) is 0 Å². The Balaban J connectivity index is 2.62. The van der Waals surface area contributed by atoms with E-state index in [1.165, 1.54) is 19.3 Å². The molecule has 1 N–H and O–H groups in total. The van der Waals surface area contributed by atoms with Crippen molar-refractivity contribution in [3.05, 3.63) is 0 Å². The second kappa shape index (κ2) is 6.16. The SMILES string of the molecule is CCCS(=O)(=O)NCC1(N(C)C)CCCCC1. The molecule has 0 saturated heterocycles. The van der Waals surface area contributed by atoms with Crippen LogP contribution in [-0.2, 0) is 10.0 Å². The van der Waals surface area contributed by atoms with Crippen molar-refractivity contribution < 1.29 is 8.42 Å². The molecule has 4 nitrogen and oxygen atoms in total. The third-order valence-corrected chi connectivity index (χ3v) is 5.36. The zero-order chi connectivity index (χ0) is 12.9. The first-order valence-electron chi connectivity index (χ1n) is 6.57. The number of nitrogens with zero attached hydrogens (tertiary/aromatic N) is 1. The fraction of sp³-hybridized carbons (Fsp3) is 1.00. The Labute approximate surface area is 106 Å². The zero-order valence-corrected chi connectivity index (χ0v) is 12.1. The van der Waals surface area contributed by atoms with E-state index in [2.05, 4.69) is 23.7 Å². The maximum atomic E-state index is 11.7. The zero-order valence-electron chi connectivity index (χ0n) is 11.3. The van der Waals surface area contributed by atoms with E-state index in [9.17, 15) is 8.42 Å². The molecule has 0 spiro atoms. The fourth-order valence-corrected chi connectivity index (χ4v) is 3.75. The van der Waals surface area contributed by atoms with Gasteiger partial charge in [0.1, 0.15) is 0 Å². The van der Waals surface area contributed by atoms with Gasteiger partial charge in [0.2, 0.25) is 10.0 Å². The number of hydrogen-bond acceptors (Lipinski definition) is 3. The molecule has 0 heterocycles. The minimum Gasteiger partial charge on any atom is -0.302 e. The van der Waals surface area contributed by atoms with E-state index in [1.807, 2.05) is 6.92 Å². The van der Waals surface area contributed by atoms with Crippen molar-refractivity contribution in [1.82, 2.24) is 9.62 Å². The van der Waals surface area contributed by atoms with Gasteiger partial charge in [0.15, 0.2) is 0 Å². The molecule has 0 radical (unpaired) electrons. The van der Waals surface area contributed by atoms with Gasteiger partial charge < -0.3 is 4.90 Å². The average molecular weight is 262 g/mol. The van der Waals surface area contributed by atoms with Gasteiger partial charge in [0, 0.05) is 12.1 Å². The standard InChI is InChI=1S/C12H26N2O2S/c1-4-10-17(15,16)13-11-12(14(2)3)8-6-5-7-9-12/h13H,4-11H2,1-3H3. The lowest BCUT2D eigenvalue weighted by atomic mass is 9.81. The smallest absolute Gasteiger partial charge is 0.211 e.